The zero-order valence-electron chi connectivity index (χ0n) is 16.5. The van der Waals surface area contributed by atoms with Gasteiger partial charge in [0.25, 0.3) is 5.91 Å². The molecular weight excluding hydrogens is 362 g/mol. The molecule has 0 aliphatic heterocycles. The van der Waals surface area contributed by atoms with Gasteiger partial charge in [0.1, 0.15) is 17.2 Å². The second-order valence-electron chi connectivity index (χ2n) is 5.93. The lowest BCUT2D eigenvalue weighted by Gasteiger charge is -2.15. The summed E-state index contributed by atoms with van der Waals surface area (Å²) in [5.41, 5.74) is 1.24. The summed E-state index contributed by atoms with van der Waals surface area (Å²) in [7, 11) is 3.06. The summed E-state index contributed by atoms with van der Waals surface area (Å²) in [6.07, 6.45) is -0.961. The van der Waals surface area contributed by atoms with E-state index in [1.807, 2.05) is 6.92 Å². The third-order valence-corrected chi connectivity index (χ3v) is 3.94. The Morgan fingerprint density at radius 3 is 2.29 bits per heavy atom. The van der Waals surface area contributed by atoms with Crippen molar-refractivity contribution >= 4 is 17.6 Å². The van der Waals surface area contributed by atoms with Crippen molar-refractivity contribution in [2.24, 2.45) is 0 Å². The van der Waals surface area contributed by atoms with E-state index in [4.69, 9.17) is 18.9 Å². The number of hydrogen-bond donors (Lipinski definition) is 1. The van der Waals surface area contributed by atoms with Gasteiger partial charge in [-0.05, 0) is 44.2 Å². The number of methoxy groups -OCH3 is 2. The second-order valence-corrected chi connectivity index (χ2v) is 5.93. The normalized spacial score (nSPS) is 11.3. The van der Waals surface area contributed by atoms with Gasteiger partial charge in [0.15, 0.2) is 6.10 Å². The van der Waals surface area contributed by atoms with Crippen molar-refractivity contribution in [3.8, 4) is 17.2 Å². The van der Waals surface area contributed by atoms with Crippen LogP contribution in [0.5, 0.6) is 17.2 Å². The van der Waals surface area contributed by atoms with Crippen LogP contribution in [0, 0.1) is 0 Å². The molecule has 0 heterocycles. The first-order chi connectivity index (χ1) is 13.5. The molecule has 0 bridgehead atoms. The summed E-state index contributed by atoms with van der Waals surface area (Å²) < 4.78 is 21.0. The minimum absolute atomic E-state index is 0.0200. The van der Waals surface area contributed by atoms with Gasteiger partial charge in [0.05, 0.1) is 27.2 Å². The van der Waals surface area contributed by atoms with Crippen LogP contribution in [0.2, 0.25) is 0 Å². The highest BCUT2D eigenvalue weighted by Gasteiger charge is 2.19. The van der Waals surface area contributed by atoms with E-state index in [1.54, 1.807) is 49.6 Å². The third-order valence-electron chi connectivity index (χ3n) is 3.94. The largest absolute Gasteiger partial charge is 0.497 e. The summed E-state index contributed by atoms with van der Waals surface area (Å²) in [4.78, 5) is 24.5. The number of rotatable bonds is 9. The third kappa shape index (κ3) is 5.90. The van der Waals surface area contributed by atoms with Gasteiger partial charge in [-0.2, -0.15) is 0 Å². The monoisotopic (exact) mass is 387 g/mol. The van der Waals surface area contributed by atoms with E-state index in [0.717, 1.165) is 0 Å². The molecule has 28 heavy (non-hydrogen) atoms. The summed E-state index contributed by atoms with van der Waals surface area (Å²) in [6.45, 7) is 3.98. The standard InChI is InChI=1S/C21H25NO6/c1-5-27-17-10-7-16(8-11-17)22-21(24)14(2)28-20(23)12-15-6-9-18(25-3)13-19(15)26-4/h6-11,13-14H,5,12H2,1-4H3,(H,22,24)/t14-/m0/s1. The number of nitrogens with one attached hydrogen (secondary N) is 1. The van der Waals surface area contributed by atoms with Crippen molar-refractivity contribution < 1.29 is 28.5 Å². The van der Waals surface area contributed by atoms with Crippen LogP contribution in [-0.4, -0.2) is 38.8 Å². The van der Waals surface area contributed by atoms with Gasteiger partial charge < -0.3 is 24.3 Å². The number of carbonyl (C=O) groups excluding carboxylic acids is 2. The van der Waals surface area contributed by atoms with Gasteiger partial charge in [0, 0.05) is 17.3 Å². The van der Waals surface area contributed by atoms with Crippen molar-refractivity contribution in [1.29, 1.82) is 0 Å². The molecule has 0 unspecified atom stereocenters. The number of ether oxygens (including phenoxy) is 4. The van der Waals surface area contributed by atoms with Gasteiger partial charge in [-0.1, -0.05) is 6.07 Å². The average molecular weight is 387 g/mol. The van der Waals surface area contributed by atoms with Crippen LogP contribution >= 0.6 is 0 Å². The maximum absolute atomic E-state index is 12.3. The van der Waals surface area contributed by atoms with E-state index in [1.165, 1.54) is 14.0 Å². The first kappa shape index (κ1) is 21.1. The van der Waals surface area contributed by atoms with Crippen LogP contribution in [0.4, 0.5) is 5.69 Å². The maximum atomic E-state index is 12.3. The van der Waals surface area contributed by atoms with Crippen LogP contribution in [0.15, 0.2) is 42.5 Å². The Labute approximate surface area is 164 Å². The Morgan fingerprint density at radius 1 is 1.00 bits per heavy atom. The number of amides is 1. The summed E-state index contributed by atoms with van der Waals surface area (Å²) in [5, 5.41) is 2.70. The Hall–Kier alpha value is -3.22. The van der Waals surface area contributed by atoms with Crippen LogP contribution < -0.4 is 19.5 Å². The van der Waals surface area contributed by atoms with E-state index < -0.39 is 18.0 Å². The summed E-state index contributed by atoms with van der Waals surface area (Å²) in [6, 6.07) is 12.1. The second kappa shape index (κ2) is 10.2. The Balaban J connectivity index is 1.91. The average Bonchev–Trinajstić information content (AvgIpc) is 2.69. The molecule has 0 saturated carbocycles. The van der Waals surface area contributed by atoms with Crippen molar-refractivity contribution in [2.45, 2.75) is 26.4 Å². The minimum Gasteiger partial charge on any atom is -0.497 e. The van der Waals surface area contributed by atoms with Crippen LogP contribution in [0.1, 0.15) is 19.4 Å². The maximum Gasteiger partial charge on any atom is 0.311 e. The van der Waals surface area contributed by atoms with Gasteiger partial charge in [-0.3, -0.25) is 9.59 Å². The van der Waals surface area contributed by atoms with Crippen molar-refractivity contribution in [2.75, 3.05) is 26.1 Å². The lowest BCUT2D eigenvalue weighted by molar-refractivity contribution is -0.152. The van der Waals surface area contributed by atoms with Crippen molar-refractivity contribution in [1.82, 2.24) is 0 Å². The molecule has 1 N–H and O–H groups in total. The predicted octanol–water partition coefficient (Wildman–Crippen LogP) is 3.22. The highest BCUT2D eigenvalue weighted by molar-refractivity contribution is 5.95. The number of esters is 1. The molecule has 1 atom stereocenters. The Bertz CT molecular complexity index is 803. The van der Waals surface area contributed by atoms with E-state index in [9.17, 15) is 9.59 Å². The molecule has 0 saturated heterocycles. The number of anilines is 1. The molecule has 0 aliphatic carbocycles. The molecule has 1 amide bonds. The first-order valence-electron chi connectivity index (χ1n) is 8.91. The molecule has 2 aromatic carbocycles. The summed E-state index contributed by atoms with van der Waals surface area (Å²) in [5.74, 6) is 0.908. The number of carbonyl (C=O) groups is 2. The molecule has 0 spiro atoms. The molecular formula is C21H25NO6. The molecule has 2 rings (SSSR count). The van der Waals surface area contributed by atoms with Gasteiger partial charge >= 0.3 is 5.97 Å². The van der Waals surface area contributed by atoms with Gasteiger partial charge in [-0.25, -0.2) is 0 Å². The minimum atomic E-state index is -0.941. The Kier molecular flexibility index (Phi) is 7.68. The van der Waals surface area contributed by atoms with Gasteiger partial charge in [-0.15, -0.1) is 0 Å². The van der Waals surface area contributed by atoms with Crippen LogP contribution in [-0.2, 0) is 20.7 Å². The smallest absolute Gasteiger partial charge is 0.311 e. The Morgan fingerprint density at radius 2 is 1.68 bits per heavy atom. The number of benzene rings is 2. The highest BCUT2D eigenvalue weighted by Crippen LogP contribution is 2.25. The number of hydrogen-bond acceptors (Lipinski definition) is 6. The SMILES string of the molecule is CCOc1ccc(NC(=O)[C@H](C)OC(=O)Cc2ccc(OC)cc2OC)cc1. The molecule has 0 radical (unpaired) electrons. The molecule has 0 fully saturated rings. The zero-order chi connectivity index (χ0) is 20.5. The first-order valence-corrected chi connectivity index (χ1v) is 8.91. The van der Waals surface area contributed by atoms with Crippen LogP contribution in [0.3, 0.4) is 0 Å². The lowest BCUT2D eigenvalue weighted by Crippen LogP contribution is -2.30. The fraction of sp³-hybridized carbons (Fsp3) is 0.333. The molecule has 0 aliphatic rings. The van der Waals surface area contributed by atoms with Crippen molar-refractivity contribution in [3.05, 3.63) is 48.0 Å². The van der Waals surface area contributed by atoms with Crippen molar-refractivity contribution in [3.63, 3.8) is 0 Å². The molecule has 7 heteroatoms. The topological polar surface area (TPSA) is 83.1 Å². The van der Waals surface area contributed by atoms with E-state index >= 15 is 0 Å². The lowest BCUT2D eigenvalue weighted by atomic mass is 10.1. The van der Waals surface area contributed by atoms with E-state index in [2.05, 4.69) is 5.32 Å². The van der Waals surface area contributed by atoms with Gasteiger partial charge in [0.2, 0.25) is 0 Å². The van der Waals surface area contributed by atoms with E-state index in [-0.39, 0.29) is 6.42 Å². The van der Waals surface area contributed by atoms with Crippen LogP contribution in [0.25, 0.3) is 0 Å². The fourth-order valence-electron chi connectivity index (χ4n) is 2.49. The highest BCUT2D eigenvalue weighted by atomic mass is 16.5. The fourth-order valence-corrected chi connectivity index (χ4v) is 2.49. The molecule has 0 aromatic heterocycles. The molecule has 7 nitrogen and oxygen atoms in total. The molecule has 150 valence electrons. The quantitative estimate of drug-likeness (QED) is 0.665. The summed E-state index contributed by atoms with van der Waals surface area (Å²) >= 11 is 0. The van der Waals surface area contributed by atoms with E-state index in [0.29, 0.717) is 35.1 Å². The molecule has 2 aromatic rings. The predicted molar refractivity (Wildman–Crippen MR) is 105 cm³/mol. The zero-order valence-corrected chi connectivity index (χ0v) is 16.5.